The smallest absolute Gasteiger partial charge is 0.230 e. The SMILES string of the molecule is CC(C)(C)C(=O)Nc1ccc(Nc2cccc(F)c2)nn1. The number of hydrogen-bond acceptors (Lipinski definition) is 4. The molecule has 2 aromatic rings. The summed E-state index contributed by atoms with van der Waals surface area (Å²) < 4.78 is 13.1. The van der Waals surface area contributed by atoms with Crippen molar-refractivity contribution >= 4 is 23.2 Å². The molecule has 1 aromatic carbocycles. The quantitative estimate of drug-likeness (QED) is 0.909. The number of amides is 1. The molecule has 0 unspecified atom stereocenters. The van der Waals surface area contributed by atoms with Gasteiger partial charge in [-0.15, -0.1) is 10.2 Å². The van der Waals surface area contributed by atoms with Crippen LogP contribution in [0.4, 0.5) is 21.7 Å². The highest BCUT2D eigenvalue weighted by atomic mass is 19.1. The van der Waals surface area contributed by atoms with Gasteiger partial charge in [0.15, 0.2) is 11.6 Å². The number of carbonyl (C=O) groups excluding carboxylic acids is 1. The lowest BCUT2D eigenvalue weighted by Crippen LogP contribution is -2.28. The van der Waals surface area contributed by atoms with Crippen molar-refractivity contribution in [3.05, 3.63) is 42.2 Å². The van der Waals surface area contributed by atoms with Gasteiger partial charge in [-0.2, -0.15) is 0 Å². The van der Waals surface area contributed by atoms with Crippen LogP contribution in [0.5, 0.6) is 0 Å². The molecule has 0 fully saturated rings. The minimum absolute atomic E-state index is 0.136. The summed E-state index contributed by atoms with van der Waals surface area (Å²) in [7, 11) is 0. The summed E-state index contributed by atoms with van der Waals surface area (Å²) in [5, 5.41) is 13.5. The van der Waals surface area contributed by atoms with Crippen molar-refractivity contribution in [3.63, 3.8) is 0 Å². The van der Waals surface area contributed by atoms with E-state index in [0.29, 0.717) is 17.3 Å². The number of aromatic nitrogens is 2. The molecule has 0 bridgehead atoms. The zero-order chi connectivity index (χ0) is 15.5. The third-order valence-electron chi connectivity index (χ3n) is 2.68. The maximum absolute atomic E-state index is 13.1. The Balaban J connectivity index is 2.04. The molecule has 0 spiro atoms. The zero-order valence-electron chi connectivity index (χ0n) is 12.1. The number of rotatable bonds is 3. The van der Waals surface area contributed by atoms with Crippen molar-refractivity contribution in [2.24, 2.45) is 5.41 Å². The Morgan fingerprint density at radius 2 is 1.76 bits per heavy atom. The second-order valence-corrected chi connectivity index (χ2v) is 5.64. The van der Waals surface area contributed by atoms with Gasteiger partial charge in [-0.1, -0.05) is 26.8 Å². The molecular weight excluding hydrogens is 271 g/mol. The predicted octanol–water partition coefficient (Wildman–Crippen LogP) is 3.34. The lowest BCUT2D eigenvalue weighted by molar-refractivity contribution is -0.123. The minimum Gasteiger partial charge on any atom is -0.339 e. The summed E-state index contributed by atoms with van der Waals surface area (Å²) in [6.07, 6.45) is 0. The molecule has 2 N–H and O–H groups in total. The van der Waals surface area contributed by atoms with Crippen LogP contribution >= 0.6 is 0 Å². The molecule has 2 rings (SSSR count). The Bertz CT molecular complexity index is 635. The first kappa shape index (κ1) is 14.9. The van der Waals surface area contributed by atoms with Crippen molar-refractivity contribution in [2.75, 3.05) is 10.6 Å². The highest BCUT2D eigenvalue weighted by Crippen LogP contribution is 2.18. The van der Waals surface area contributed by atoms with Crippen LogP contribution < -0.4 is 10.6 Å². The number of anilines is 3. The number of nitrogens with zero attached hydrogens (tertiary/aromatic N) is 2. The molecule has 1 heterocycles. The van der Waals surface area contributed by atoms with E-state index in [4.69, 9.17) is 0 Å². The van der Waals surface area contributed by atoms with Gasteiger partial charge in [0.2, 0.25) is 5.91 Å². The van der Waals surface area contributed by atoms with E-state index >= 15 is 0 Å². The van der Waals surface area contributed by atoms with Gasteiger partial charge in [0, 0.05) is 11.1 Å². The molecule has 0 radical (unpaired) electrons. The van der Waals surface area contributed by atoms with Gasteiger partial charge in [-0.05, 0) is 30.3 Å². The monoisotopic (exact) mass is 288 g/mol. The Kier molecular flexibility index (Phi) is 4.16. The van der Waals surface area contributed by atoms with Gasteiger partial charge < -0.3 is 10.6 Å². The summed E-state index contributed by atoms with van der Waals surface area (Å²) in [5.74, 6) is 0.374. The van der Waals surface area contributed by atoms with Gasteiger partial charge in [0.1, 0.15) is 5.82 Å². The van der Waals surface area contributed by atoms with E-state index < -0.39 is 5.41 Å². The number of benzene rings is 1. The lowest BCUT2D eigenvalue weighted by Gasteiger charge is -2.16. The van der Waals surface area contributed by atoms with Crippen LogP contribution in [0.1, 0.15) is 20.8 Å². The van der Waals surface area contributed by atoms with Crippen LogP contribution in [-0.4, -0.2) is 16.1 Å². The molecule has 1 amide bonds. The molecule has 0 saturated carbocycles. The molecule has 110 valence electrons. The summed E-state index contributed by atoms with van der Waals surface area (Å²) in [5.41, 5.74) is 0.0796. The Labute approximate surface area is 122 Å². The first-order valence-corrected chi connectivity index (χ1v) is 6.52. The number of nitrogens with one attached hydrogen (secondary N) is 2. The Morgan fingerprint density at radius 3 is 2.33 bits per heavy atom. The van der Waals surface area contributed by atoms with E-state index in [0.717, 1.165) is 0 Å². The second-order valence-electron chi connectivity index (χ2n) is 5.64. The van der Waals surface area contributed by atoms with Crippen LogP contribution in [0.25, 0.3) is 0 Å². The Morgan fingerprint density at radius 1 is 1.10 bits per heavy atom. The van der Waals surface area contributed by atoms with Gasteiger partial charge in [-0.3, -0.25) is 4.79 Å². The molecule has 1 aromatic heterocycles. The third kappa shape index (κ3) is 4.24. The summed E-state index contributed by atoms with van der Waals surface area (Å²) in [6.45, 7) is 5.45. The average molecular weight is 288 g/mol. The maximum Gasteiger partial charge on any atom is 0.230 e. The predicted molar refractivity (Wildman–Crippen MR) is 79.8 cm³/mol. The Hall–Kier alpha value is -2.50. The molecule has 5 nitrogen and oxygen atoms in total. The highest BCUT2D eigenvalue weighted by Gasteiger charge is 2.21. The number of carbonyl (C=O) groups is 1. The van der Waals surface area contributed by atoms with E-state index in [9.17, 15) is 9.18 Å². The molecular formula is C15H17FN4O. The summed E-state index contributed by atoms with van der Waals surface area (Å²) >= 11 is 0. The summed E-state index contributed by atoms with van der Waals surface area (Å²) in [4.78, 5) is 11.8. The molecule has 0 aliphatic rings. The van der Waals surface area contributed by atoms with Gasteiger partial charge >= 0.3 is 0 Å². The van der Waals surface area contributed by atoms with Gasteiger partial charge in [0.05, 0.1) is 0 Å². The number of hydrogen-bond donors (Lipinski definition) is 2. The fraction of sp³-hybridized carbons (Fsp3) is 0.267. The lowest BCUT2D eigenvalue weighted by atomic mass is 9.96. The molecule has 0 saturated heterocycles. The number of halogens is 1. The van der Waals surface area contributed by atoms with Crippen molar-refractivity contribution in [2.45, 2.75) is 20.8 Å². The summed E-state index contributed by atoms with van der Waals surface area (Å²) in [6, 6.07) is 9.34. The first-order chi connectivity index (χ1) is 9.84. The van der Waals surface area contributed by atoms with E-state index in [-0.39, 0.29) is 11.7 Å². The van der Waals surface area contributed by atoms with E-state index in [1.165, 1.54) is 12.1 Å². The van der Waals surface area contributed by atoms with Gasteiger partial charge in [0.25, 0.3) is 0 Å². The van der Waals surface area contributed by atoms with E-state index in [1.807, 2.05) is 20.8 Å². The largest absolute Gasteiger partial charge is 0.339 e. The normalized spacial score (nSPS) is 11.0. The molecule has 6 heteroatoms. The molecule has 0 aliphatic carbocycles. The molecule has 21 heavy (non-hydrogen) atoms. The van der Waals surface area contributed by atoms with Crippen molar-refractivity contribution in [1.82, 2.24) is 10.2 Å². The van der Waals surface area contributed by atoms with E-state index in [2.05, 4.69) is 20.8 Å². The van der Waals surface area contributed by atoms with Crippen molar-refractivity contribution in [3.8, 4) is 0 Å². The second kappa shape index (κ2) is 5.87. The zero-order valence-corrected chi connectivity index (χ0v) is 12.1. The first-order valence-electron chi connectivity index (χ1n) is 6.52. The van der Waals surface area contributed by atoms with Crippen molar-refractivity contribution < 1.29 is 9.18 Å². The molecule has 0 aliphatic heterocycles. The minimum atomic E-state index is -0.500. The third-order valence-corrected chi connectivity index (χ3v) is 2.68. The van der Waals surface area contributed by atoms with Crippen LogP contribution in [0.2, 0.25) is 0 Å². The van der Waals surface area contributed by atoms with Gasteiger partial charge in [-0.25, -0.2) is 4.39 Å². The molecule has 0 atom stereocenters. The fourth-order valence-electron chi connectivity index (χ4n) is 1.48. The van der Waals surface area contributed by atoms with Crippen LogP contribution in [-0.2, 0) is 4.79 Å². The average Bonchev–Trinajstić information content (AvgIpc) is 2.40. The van der Waals surface area contributed by atoms with Crippen molar-refractivity contribution in [1.29, 1.82) is 0 Å². The van der Waals surface area contributed by atoms with E-state index in [1.54, 1.807) is 24.3 Å². The maximum atomic E-state index is 13.1. The fourth-order valence-corrected chi connectivity index (χ4v) is 1.48. The topological polar surface area (TPSA) is 66.9 Å². The standard InChI is InChI=1S/C15H17FN4O/c1-15(2,3)14(21)18-13-8-7-12(19-20-13)17-11-6-4-5-10(16)9-11/h4-9H,1-3H3,(H,17,19)(H,18,20,21). The van der Waals surface area contributed by atoms with Crippen LogP contribution in [0, 0.1) is 11.2 Å². The van der Waals surface area contributed by atoms with Crippen LogP contribution in [0.3, 0.4) is 0 Å². The highest BCUT2D eigenvalue weighted by molar-refractivity contribution is 5.93. The van der Waals surface area contributed by atoms with Crippen LogP contribution in [0.15, 0.2) is 36.4 Å².